The van der Waals surface area contributed by atoms with Gasteiger partial charge in [0.1, 0.15) is 0 Å². The molecule has 0 amide bonds. The van der Waals surface area contributed by atoms with Crippen molar-refractivity contribution >= 4 is 80.9 Å². The van der Waals surface area contributed by atoms with E-state index in [1.807, 2.05) is 6.92 Å². The Morgan fingerprint density at radius 2 is 0.512 bits per heavy atom. The highest BCUT2D eigenvalue weighted by Gasteiger charge is 2.44. The number of carbonyl (C=O) groups is 1. The molecule has 0 aliphatic heterocycles. The largest absolute Gasteiger partial charge is 0.402 e. The lowest BCUT2D eigenvalue weighted by atomic mass is 9.88. The average Bonchev–Trinajstić information content (AvgIpc) is 0.795. The first kappa shape index (κ1) is 50.6. The van der Waals surface area contributed by atoms with Gasteiger partial charge in [0.2, 0.25) is 0 Å². The van der Waals surface area contributed by atoms with Gasteiger partial charge in [0.25, 0.3) is 0 Å². The number of hydrogen-bond acceptors (Lipinski definition) is 2. The maximum absolute atomic E-state index is 15.9. The first-order chi connectivity index (χ1) is 41.5. The van der Waals surface area contributed by atoms with Gasteiger partial charge in [-0.25, -0.2) is 0 Å². The minimum Gasteiger partial charge on any atom is -0.402 e. The van der Waals surface area contributed by atoms with E-state index in [1.165, 1.54) is 0 Å². The third kappa shape index (κ3) is 8.55. The summed E-state index contributed by atoms with van der Waals surface area (Å²) in [5, 5.41) is 13.5. The van der Waals surface area contributed by atoms with Crippen LogP contribution in [0.15, 0.2) is 324 Å². The number of fused-ring (bicyclic) bond motifs is 6. The lowest BCUT2D eigenvalue weighted by Gasteiger charge is -2.45. The summed E-state index contributed by atoms with van der Waals surface area (Å²) in [5.74, 6) is -0.300. The van der Waals surface area contributed by atoms with Gasteiger partial charge in [-0.15, -0.1) is 0 Å². The zero-order valence-electron chi connectivity index (χ0n) is 46.4. The average molecular weight is 1090 g/mol. The second kappa shape index (κ2) is 21.2. The molecule has 398 valence electrons. The van der Waals surface area contributed by atoms with Gasteiger partial charge in [-0.2, -0.15) is 0 Å². The Bertz CT molecular complexity index is 4560. The lowest BCUT2D eigenvalue weighted by Crippen LogP contribution is -2.17. The van der Waals surface area contributed by atoms with Gasteiger partial charge in [-0.05, 0) is 178 Å². The molecule has 0 fully saturated rings. The summed E-state index contributed by atoms with van der Waals surface area (Å²) in [6, 6.07) is 113. The fraction of sp³-hybridized carbons (Fsp3) is 0.0247. The summed E-state index contributed by atoms with van der Waals surface area (Å²) >= 11 is 0. The van der Waals surface area contributed by atoms with Crippen LogP contribution in [0.3, 0.4) is 0 Å². The van der Waals surface area contributed by atoms with Crippen molar-refractivity contribution in [2.45, 2.75) is 28.0 Å². The van der Waals surface area contributed by atoms with Crippen LogP contribution in [0.4, 0.5) is 0 Å². The zero-order valence-corrected chi connectivity index (χ0v) is 47.2. The molecular formula is C81H56O2S. The molecule has 84 heavy (non-hydrogen) atoms. The van der Waals surface area contributed by atoms with Crippen molar-refractivity contribution in [3.63, 3.8) is 0 Å². The number of carbonyl (C=O) groups excluding carboxylic acids is 1. The smallest absolute Gasteiger partial charge is 0.316 e. The molecular weight excluding hydrogens is 1040 g/mol. The Hall–Kier alpha value is -10.3. The highest BCUT2D eigenvalue weighted by Crippen LogP contribution is 2.77. The van der Waals surface area contributed by atoms with Crippen molar-refractivity contribution in [2.75, 3.05) is 0 Å². The Balaban J connectivity index is 1.24. The minimum absolute atomic E-state index is 0.143. The molecule has 0 unspecified atom stereocenters. The van der Waals surface area contributed by atoms with Gasteiger partial charge >= 0.3 is 5.97 Å². The first-order valence-corrected chi connectivity index (χ1v) is 30.5. The summed E-state index contributed by atoms with van der Waals surface area (Å²) in [5.41, 5.74) is 12.4. The van der Waals surface area contributed by atoms with E-state index in [-0.39, 0.29) is 12.4 Å². The van der Waals surface area contributed by atoms with E-state index < -0.39 is 10.3 Å². The number of hydrogen-bond donors (Lipinski definition) is 0. The van der Waals surface area contributed by atoms with Crippen LogP contribution in [0, 0.1) is 0 Å². The second-order valence-electron chi connectivity index (χ2n) is 21.6. The van der Waals surface area contributed by atoms with Crippen LogP contribution in [0.5, 0.6) is 0 Å². The molecule has 0 spiro atoms. The normalized spacial score (nSPS) is 11.9. The highest BCUT2D eigenvalue weighted by atomic mass is 32.3. The van der Waals surface area contributed by atoms with Gasteiger partial charge in [0.05, 0.1) is 0 Å². The molecule has 0 heterocycles. The first-order valence-electron chi connectivity index (χ1n) is 28.9. The summed E-state index contributed by atoms with van der Waals surface area (Å²) in [6.45, 7) is 1.93. The van der Waals surface area contributed by atoms with Crippen LogP contribution in [0.2, 0.25) is 0 Å². The molecule has 0 radical (unpaired) electrons. The predicted octanol–water partition coefficient (Wildman–Crippen LogP) is 22.8. The molecule has 0 aliphatic carbocycles. The Labute approximate surface area is 491 Å². The molecule has 15 rings (SSSR count). The van der Waals surface area contributed by atoms with Gasteiger partial charge in [-0.1, -0.05) is 280 Å². The zero-order chi connectivity index (χ0) is 56.1. The molecule has 3 heteroatoms. The van der Waals surface area contributed by atoms with E-state index in [0.717, 1.165) is 146 Å². The molecule has 0 saturated heterocycles. The summed E-state index contributed by atoms with van der Waals surface area (Å²) < 4.78 is 8.12. The van der Waals surface area contributed by atoms with E-state index in [0.29, 0.717) is 0 Å². The Morgan fingerprint density at radius 1 is 0.274 bits per heavy atom. The predicted molar refractivity (Wildman–Crippen MR) is 356 cm³/mol. The second-order valence-corrected chi connectivity index (χ2v) is 24.2. The van der Waals surface area contributed by atoms with Gasteiger partial charge in [0, 0.05) is 21.1 Å². The third-order valence-electron chi connectivity index (χ3n) is 16.9. The van der Waals surface area contributed by atoms with Gasteiger partial charge < -0.3 is 4.18 Å². The summed E-state index contributed by atoms with van der Waals surface area (Å²) in [4.78, 5) is 18.6. The van der Waals surface area contributed by atoms with Crippen LogP contribution in [0.1, 0.15) is 13.3 Å². The molecule has 0 N–H and O–H groups in total. The van der Waals surface area contributed by atoms with Gasteiger partial charge in [0.15, 0.2) is 0 Å². The maximum Gasteiger partial charge on any atom is 0.316 e. The monoisotopic (exact) mass is 1090 g/mol. The molecule has 15 aromatic rings. The molecule has 2 nitrogen and oxygen atoms in total. The van der Waals surface area contributed by atoms with E-state index in [4.69, 9.17) is 4.18 Å². The fourth-order valence-corrected chi connectivity index (χ4v) is 16.9. The van der Waals surface area contributed by atoms with E-state index in [1.54, 1.807) is 0 Å². The van der Waals surface area contributed by atoms with Crippen LogP contribution < -0.4 is 0 Å². The highest BCUT2D eigenvalue weighted by molar-refractivity contribution is 8.30. The molecule has 0 aliphatic rings. The molecule has 0 atom stereocenters. The molecule has 0 saturated carbocycles. The van der Waals surface area contributed by atoms with E-state index in [9.17, 15) is 0 Å². The van der Waals surface area contributed by atoms with Crippen LogP contribution in [-0.2, 0) is 8.98 Å². The summed E-state index contributed by atoms with van der Waals surface area (Å²) in [6.07, 6.45) is 0.143. The third-order valence-corrected chi connectivity index (χ3v) is 20.3. The maximum atomic E-state index is 15.9. The van der Waals surface area contributed by atoms with Crippen molar-refractivity contribution in [1.82, 2.24) is 0 Å². The van der Waals surface area contributed by atoms with Crippen molar-refractivity contribution in [3.8, 4) is 66.8 Å². The molecule has 0 bridgehead atoms. The molecule has 0 aromatic heterocycles. The fourth-order valence-electron chi connectivity index (χ4n) is 13.1. The van der Waals surface area contributed by atoms with Crippen molar-refractivity contribution in [3.05, 3.63) is 309 Å². The van der Waals surface area contributed by atoms with Crippen LogP contribution in [-0.4, -0.2) is 5.97 Å². The van der Waals surface area contributed by atoms with Crippen LogP contribution >= 0.6 is 10.3 Å². The Kier molecular flexibility index (Phi) is 12.8. The van der Waals surface area contributed by atoms with Crippen molar-refractivity contribution in [1.29, 1.82) is 0 Å². The van der Waals surface area contributed by atoms with Gasteiger partial charge in [-0.3, -0.25) is 4.79 Å². The SMILES string of the molecule is CCC(=O)OS(c1ccccc1)(c1c(-c2cccc3ccccc23)cc(-c2cccc3ccccc23)cc1-c1cccc2ccccc12)c1c(-c2cccc3ccccc23)cc(-c2cccc3ccccc23)cc1-c1cccc2ccccc12. The Morgan fingerprint density at radius 3 is 0.798 bits per heavy atom. The minimum atomic E-state index is -3.37. The number of benzene rings is 15. The standard InChI is InChI=1S/C81H56O2S/c1-2-79(82)83-84(62-36-4-3-5-37-62,80-75(71-46-20-32-56-26-8-14-40-65(56)71)50-60(69-44-18-30-54-24-6-12-38-63(54)69)51-76(80)72-47-21-33-57-27-9-15-41-66(57)72)81-77(73-48-22-34-58-28-10-16-42-67(58)73)52-61(70-45-19-31-55-25-7-13-39-64(55)70)53-78(81)74-49-23-35-59-29-11-17-43-68(59)74/h3-53H,2H2,1H3. The lowest BCUT2D eigenvalue weighted by molar-refractivity contribution is -0.133. The number of rotatable bonds is 11. The molecule has 15 aromatic carbocycles. The quantitative estimate of drug-likeness (QED) is 0.129. The van der Waals surface area contributed by atoms with Crippen LogP contribution in [0.25, 0.3) is 131 Å². The van der Waals surface area contributed by atoms with Crippen molar-refractivity contribution in [2.24, 2.45) is 0 Å². The topological polar surface area (TPSA) is 26.3 Å². The van der Waals surface area contributed by atoms with E-state index in [2.05, 4.69) is 309 Å². The van der Waals surface area contributed by atoms with Crippen molar-refractivity contribution < 1.29 is 8.98 Å². The van der Waals surface area contributed by atoms with E-state index >= 15 is 4.79 Å². The summed E-state index contributed by atoms with van der Waals surface area (Å²) in [7, 11) is -3.37.